The van der Waals surface area contributed by atoms with E-state index < -0.39 is 0 Å². The van der Waals surface area contributed by atoms with Crippen LogP contribution in [0.5, 0.6) is 11.5 Å². The Balaban J connectivity index is 1.79. The average Bonchev–Trinajstić information content (AvgIpc) is 2.51. The third-order valence-electron chi connectivity index (χ3n) is 3.94. The molecule has 0 spiro atoms. The Morgan fingerprint density at radius 2 is 1.24 bits per heavy atom. The van der Waals surface area contributed by atoms with Gasteiger partial charge in [0.1, 0.15) is 11.5 Å². The number of hydrogen-bond donors (Lipinski definition) is 2. The lowest BCUT2D eigenvalue weighted by Gasteiger charge is -2.18. The van der Waals surface area contributed by atoms with Crippen LogP contribution < -0.4 is 0 Å². The van der Waals surface area contributed by atoms with Crippen molar-refractivity contribution in [3.8, 4) is 11.5 Å². The van der Waals surface area contributed by atoms with Crippen LogP contribution in [0.25, 0.3) is 0 Å². The van der Waals surface area contributed by atoms with E-state index in [1.807, 2.05) is 31.2 Å². The summed E-state index contributed by atoms with van der Waals surface area (Å²) in [5, 5.41) is 18.9. The van der Waals surface area contributed by atoms with Gasteiger partial charge in [-0.15, -0.1) is 0 Å². The SMILES string of the molecule is Cc1cc(C2C=CC(c3ccc(O)cc3)C=C2)ccc1O. The molecular weight excluding hydrogens is 260 g/mol. The van der Waals surface area contributed by atoms with Gasteiger partial charge in [-0.05, 0) is 41.8 Å². The van der Waals surface area contributed by atoms with Crippen LogP contribution in [0.4, 0.5) is 0 Å². The molecule has 2 N–H and O–H groups in total. The molecule has 0 aliphatic heterocycles. The van der Waals surface area contributed by atoms with Gasteiger partial charge in [0.05, 0.1) is 0 Å². The molecule has 2 heteroatoms. The molecule has 2 aromatic carbocycles. The van der Waals surface area contributed by atoms with Gasteiger partial charge in [-0.2, -0.15) is 0 Å². The predicted molar refractivity (Wildman–Crippen MR) is 84.7 cm³/mol. The summed E-state index contributed by atoms with van der Waals surface area (Å²) in [5.74, 6) is 1.13. The molecule has 0 unspecified atom stereocenters. The predicted octanol–water partition coefficient (Wildman–Crippen LogP) is 4.40. The van der Waals surface area contributed by atoms with Crippen LogP contribution in [0.2, 0.25) is 0 Å². The summed E-state index contributed by atoms with van der Waals surface area (Å²) in [6.45, 7) is 1.91. The molecule has 0 saturated heterocycles. The molecule has 0 atom stereocenters. The van der Waals surface area contributed by atoms with Crippen LogP contribution in [-0.2, 0) is 0 Å². The highest BCUT2D eigenvalue weighted by atomic mass is 16.3. The second-order valence-corrected chi connectivity index (χ2v) is 5.46. The molecule has 21 heavy (non-hydrogen) atoms. The van der Waals surface area contributed by atoms with E-state index in [0.29, 0.717) is 11.5 Å². The second-order valence-electron chi connectivity index (χ2n) is 5.46. The third-order valence-corrected chi connectivity index (χ3v) is 3.94. The number of hydrogen-bond acceptors (Lipinski definition) is 2. The fourth-order valence-corrected chi connectivity index (χ4v) is 2.63. The number of aromatic hydroxyl groups is 2. The lowest BCUT2D eigenvalue weighted by Crippen LogP contribution is -2.00. The molecule has 0 saturated carbocycles. The minimum absolute atomic E-state index is 0.248. The van der Waals surface area contributed by atoms with Crippen LogP contribution in [0, 0.1) is 6.92 Å². The quantitative estimate of drug-likeness (QED) is 0.799. The molecule has 0 heterocycles. The largest absolute Gasteiger partial charge is 0.508 e. The fraction of sp³-hybridized carbons (Fsp3) is 0.158. The van der Waals surface area contributed by atoms with Crippen LogP contribution in [0.1, 0.15) is 28.5 Å². The highest BCUT2D eigenvalue weighted by Crippen LogP contribution is 2.31. The monoisotopic (exact) mass is 278 g/mol. The molecule has 0 radical (unpaired) electrons. The molecule has 3 rings (SSSR count). The van der Waals surface area contributed by atoms with Crippen molar-refractivity contribution < 1.29 is 10.2 Å². The topological polar surface area (TPSA) is 40.5 Å². The van der Waals surface area contributed by atoms with E-state index >= 15 is 0 Å². The van der Waals surface area contributed by atoms with Gasteiger partial charge < -0.3 is 10.2 Å². The maximum Gasteiger partial charge on any atom is 0.118 e. The molecule has 0 fully saturated rings. The van der Waals surface area contributed by atoms with Crippen molar-refractivity contribution >= 4 is 0 Å². The van der Waals surface area contributed by atoms with E-state index in [0.717, 1.165) is 5.56 Å². The number of benzene rings is 2. The summed E-state index contributed by atoms with van der Waals surface area (Å²) in [6.07, 6.45) is 8.73. The van der Waals surface area contributed by atoms with E-state index in [9.17, 15) is 10.2 Å². The van der Waals surface area contributed by atoms with E-state index in [1.165, 1.54) is 11.1 Å². The van der Waals surface area contributed by atoms with Gasteiger partial charge in [0.2, 0.25) is 0 Å². The van der Waals surface area contributed by atoms with E-state index in [2.05, 4.69) is 24.3 Å². The minimum atomic E-state index is 0.248. The number of phenols is 2. The maximum absolute atomic E-state index is 9.60. The molecule has 0 bridgehead atoms. The van der Waals surface area contributed by atoms with Crippen molar-refractivity contribution in [1.82, 2.24) is 0 Å². The Morgan fingerprint density at radius 3 is 1.81 bits per heavy atom. The van der Waals surface area contributed by atoms with E-state index in [4.69, 9.17) is 0 Å². The van der Waals surface area contributed by atoms with Crippen molar-refractivity contribution in [2.75, 3.05) is 0 Å². The lowest BCUT2D eigenvalue weighted by molar-refractivity contribution is 0.471. The number of rotatable bonds is 2. The van der Waals surface area contributed by atoms with Gasteiger partial charge >= 0.3 is 0 Å². The molecule has 0 aromatic heterocycles. The number of aryl methyl sites for hydroxylation is 1. The smallest absolute Gasteiger partial charge is 0.118 e. The van der Waals surface area contributed by atoms with Crippen LogP contribution in [-0.4, -0.2) is 10.2 Å². The Hall–Kier alpha value is -2.48. The van der Waals surface area contributed by atoms with Crippen LogP contribution in [0.3, 0.4) is 0 Å². The summed E-state index contributed by atoms with van der Waals surface area (Å²) in [6, 6.07) is 13.1. The van der Waals surface area contributed by atoms with Gasteiger partial charge in [0, 0.05) is 11.8 Å². The molecule has 2 aromatic rings. The highest BCUT2D eigenvalue weighted by Gasteiger charge is 2.13. The van der Waals surface area contributed by atoms with E-state index in [-0.39, 0.29) is 11.8 Å². The Labute approximate surface area is 124 Å². The maximum atomic E-state index is 9.60. The Kier molecular flexibility index (Phi) is 3.53. The molecule has 0 amide bonds. The zero-order valence-corrected chi connectivity index (χ0v) is 11.9. The number of allylic oxidation sites excluding steroid dienone is 4. The van der Waals surface area contributed by atoms with Crippen molar-refractivity contribution in [3.63, 3.8) is 0 Å². The van der Waals surface area contributed by atoms with Gasteiger partial charge in [-0.3, -0.25) is 0 Å². The zero-order valence-electron chi connectivity index (χ0n) is 11.9. The summed E-state index contributed by atoms with van der Waals surface area (Å²) in [4.78, 5) is 0. The minimum Gasteiger partial charge on any atom is -0.508 e. The fourth-order valence-electron chi connectivity index (χ4n) is 2.63. The molecule has 106 valence electrons. The normalized spacial score (nSPS) is 20.6. The summed E-state index contributed by atoms with van der Waals surface area (Å²) >= 11 is 0. The van der Waals surface area contributed by atoms with Crippen LogP contribution in [0.15, 0.2) is 66.8 Å². The first-order chi connectivity index (χ1) is 10.1. The second kappa shape index (κ2) is 5.49. The lowest BCUT2D eigenvalue weighted by atomic mass is 9.87. The third kappa shape index (κ3) is 2.84. The molecule has 1 aliphatic rings. The summed E-state index contributed by atoms with van der Waals surface area (Å²) in [5.41, 5.74) is 3.25. The number of phenolic OH excluding ortho intramolecular Hbond substituents is 2. The van der Waals surface area contributed by atoms with Crippen molar-refractivity contribution in [1.29, 1.82) is 0 Å². The van der Waals surface area contributed by atoms with Gasteiger partial charge in [0.25, 0.3) is 0 Å². The van der Waals surface area contributed by atoms with Crippen LogP contribution >= 0.6 is 0 Å². The standard InChI is InChI=1S/C19H18O2/c1-13-12-17(8-11-19(13)21)16-4-2-14(3-5-16)15-6-9-18(20)10-7-15/h2-12,14,16,20-21H,1H3. The molecule has 1 aliphatic carbocycles. The Morgan fingerprint density at radius 1 is 0.714 bits per heavy atom. The first-order valence-corrected chi connectivity index (χ1v) is 7.08. The Bertz CT molecular complexity index is 682. The van der Waals surface area contributed by atoms with Crippen molar-refractivity contribution in [3.05, 3.63) is 83.5 Å². The zero-order chi connectivity index (χ0) is 14.8. The molecule has 2 nitrogen and oxygen atoms in total. The summed E-state index contributed by atoms with van der Waals surface area (Å²) < 4.78 is 0. The summed E-state index contributed by atoms with van der Waals surface area (Å²) in [7, 11) is 0. The van der Waals surface area contributed by atoms with Gasteiger partial charge in [-0.1, -0.05) is 48.6 Å². The van der Waals surface area contributed by atoms with Crippen molar-refractivity contribution in [2.24, 2.45) is 0 Å². The average molecular weight is 278 g/mol. The first kappa shape index (κ1) is 13.5. The van der Waals surface area contributed by atoms with Gasteiger partial charge in [-0.25, -0.2) is 0 Å². The van der Waals surface area contributed by atoms with Crippen molar-refractivity contribution in [2.45, 2.75) is 18.8 Å². The molecular formula is C19H18O2. The van der Waals surface area contributed by atoms with E-state index in [1.54, 1.807) is 18.2 Å². The highest BCUT2D eigenvalue weighted by molar-refractivity contribution is 5.43. The van der Waals surface area contributed by atoms with Gasteiger partial charge in [0.15, 0.2) is 0 Å². The first-order valence-electron chi connectivity index (χ1n) is 7.08.